The molecule has 228 valence electrons. The maximum absolute atomic E-state index is 5.28. The highest BCUT2D eigenvalue weighted by Crippen LogP contribution is 2.48. The summed E-state index contributed by atoms with van der Waals surface area (Å²) in [6.07, 6.45) is 9.19. The van der Waals surface area contributed by atoms with Gasteiger partial charge in [-0.3, -0.25) is 0 Å². The van der Waals surface area contributed by atoms with Crippen LogP contribution in [0.4, 0.5) is 5.69 Å². The van der Waals surface area contributed by atoms with Gasteiger partial charge in [-0.1, -0.05) is 127 Å². The van der Waals surface area contributed by atoms with E-state index in [4.69, 9.17) is 9.97 Å². The van der Waals surface area contributed by atoms with Crippen molar-refractivity contribution in [2.24, 2.45) is 0 Å². The molecule has 1 N–H and O–H groups in total. The predicted molar refractivity (Wildman–Crippen MR) is 206 cm³/mol. The van der Waals surface area contributed by atoms with Crippen LogP contribution in [0.3, 0.4) is 0 Å². The van der Waals surface area contributed by atoms with Gasteiger partial charge in [0.25, 0.3) is 0 Å². The van der Waals surface area contributed by atoms with Crippen molar-refractivity contribution in [2.45, 2.75) is 23.1 Å². The minimum Gasteiger partial charge on any atom is -0.368 e. The molecule has 0 spiro atoms. The third kappa shape index (κ3) is 4.57. The molecule has 48 heavy (non-hydrogen) atoms. The summed E-state index contributed by atoms with van der Waals surface area (Å²) >= 11 is 3.75. The van der Waals surface area contributed by atoms with Crippen molar-refractivity contribution in [3.8, 4) is 33.9 Å². The van der Waals surface area contributed by atoms with Crippen LogP contribution in [0.5, 0.6) is 0 Å². The molecule has 5 heteroatoms. The highest BCUT2D eigenvalue weighted by Gasteiger charge is 2.26. The Labute approximate surface area is 286 Å². The van der Waals surface area contributed by atoms with Gasteiger partial charge in [0.1, 0.15) is 5.37 Å². The molecule has 3 heterocycles. The van der Waals surface area contributed by atoms with Gasteiger partial charge in [-0.15, -0.1) is 11.3 Å². The van der Waals surface area contributed by atoms with Crippen molar-refractivity contribution in [2.75, 3.05) is 5.32 Å². The summed E-state index contributed by atoms with van der Waals surface area (Å²) < 4.78 is 2.54. The number of rotatable bonds is 4. The molecule has 0 bridgehead atoms. The molecular formula is C43H29N3S2. The van der Waals surface area contributed by atoms with Crippen LogP contribution in [0.25, 0.3) is 75.6 Å². The molecule has 1 aliphatic carbocycles. The number of nitrogens with one attached hydrogen (secondary N) is 1. The maximum Gasteiger partial charge on any atom is 0.160 e. The van der Waals surface area contributed by atoms with E-state index in [0.29, 0.717) is 0 Å². The van der Waals surface area contributed by atoms with Gasteiger partial charge >= 0.3 is 0 Å². The van der Waals surface area contributed by atoms with Gasteiger partial charge in [-0.05, 0) is 58.8 Å². The zero-order valence-corrected chi connectivity index (χ0v) is 27.6. The predicted octanol–water partition coefficient (Wildman–Crippen LogP) is 12.3. The summed E-state index contributed by atoms with van der Waals surface area (Å²) in [4.78, 5) is 11.8. The lowest BCUT2D eigenvalue weighted by molar-refractivity contribution is 0.996. The molecule has 0 radical (unpaired) electrons. The summed E-state index contributed by atoms with van der Waals surface area (Å²) in [6, 6.07) is 43.5. The van der Waals surface area contributed by atoms with Gasteiger partial charge in [0.15, 0.2) is 5.82 Å². The Morgan fingerprint density at radius 3 is 2.40 bits per heavy atom. The van der Waals surface area contributed by atoms with Crippen LogP contribution in [-0.2, 0) is 0 Å². The molecule has 2 aromatic heterocycles. The summed E-state index contributed by atoms with van der Waals surface area (Å²) in [6.45, 7) is 0. The largest absolute Gasteiger partial charge is 0.368 e. The second-order valence-corrected chi connectivity index (χ2v) is 14.7. The van der Waals surface area contributed by atoms with Gasteiger partial charge in [-0.25, -0.2) is 9.97 Å². The van der Waals surface area contributed by atoms with Gasteiger partial charge < -0.3 is 5.32 Å². The van der Waals surface area contributed by atoms with Crippen LogP contribution in [0.1, 0.15) is 12.8 Å². The van der Waals surface area contributed by atoms with E-state index in [2.05, 4.69) is 139 Å². The number of hydrogen-bond donors (Lipinski definition) is 1. The fourth-order valence-corrected chi connectivity index (χ4v) is 9.60. The minimum atomic E-state index is 0.245. The Morgan fingerprint density at radius 1 is 0.646 bits per heavy atom. The molecule has 10 rings (SSSR count). The van der Waals surface area contributed by atoms with Crippen molar-refractivity contribution in [3.63, 3.8) is 0 Å². The van der Waals surface area contributed by atoms with E-state index >= 15 is 0 Å². The second kappa shape index (κ2) is 11.2. The van der Waals surface area contributed by atoms with Gasteiger partial charge in [0.05, 0.1) is 17.1 Å². The van der Waals surface area contributed by atoms with Crippen LogP contribution in [0.15, 0.2) is 150 Å². The molecule has 2 aliphatic rings. The molecule has 0 amide bonds. The number of fused-ring (bicyclic) bond motifs is 8. The van der Waals surface area contributed by atoms with Crippen molar-refractivity contribution in [1.82, 2.24) is 9.97 Å². The molecule has 0 saturated carbocycles. The van der Waals surface area contributed by atoms with Crippen LogP contribution in [0, 0.1) is 0 Å². The average molecular weight is 652 g/mol. The zero-order chi connectivity index (χ0) is 31.6. The first kappa shape index (κ1) is 27.8. The van der Waals surface area contributed by atoms with Crippen molar-refractivity contribution < 1.29 is 0 Å². The molecule has 0 fully saturated rings. The van der Waals surface area contributed by atoms with E-state index in [9.17, 15) is 0 Å². The molecule has 1 atom stereocenters. The third-order valence-electron chi connectivity index (χ3n) is 9.54. The summed E-state index contributed by atoms with van der Waals surface area (Å²) in [5.41, 5.74) is 7.69. The normalized spacial score (nSPS) is 15.7. The number of thiophene rings is 1. The Balaban J connectivity index is 1.13. The molecule has 3 nitrogen and oxygen atoms in total. The Kier molecular flexibility index (Phi) is 6.49. The lowest BCUT2D eigenvalue weighted by atomic mass is 9.98. The quantitative estimate of drug-likeness (QED) is 0.192. The highest BCUT2D eigenvalue weighted by molar-refractivity contribution is 8.00. The fourth-order valence-electron chi connectivity index (χ4n) is 7.20. The third-order valence-corrected chi connectivity index (χ3v) is 12.0. The molecule has 1 aliphatic heterocycles. The lowest BCUT2D eigenvalue weighted by Crippen LogP contribution is -2.13. The number of allylic oxidation sites excluding steroid dienone is 2. The van der Waals surface area contributed by atoms with Gasteiger partial charge in [0.2, 0.25) is 0 Å². The molecular weight excluding hydrogens is 623 g/mol. The molecule has 8 aromatic rings. The van der Waals surface area contributed by atoms with E-state index in [-0.39, 0.29) is 5.37 Å². The van der Waals surface area contributed by atoms with E-state index < -0.39 is 0 Å². The van der Waals surface area contributed by atoms with E-state index in [1.54, 1.807) is 0 Å². The number of thioether (sulfide) groups is 1. The molecule has 0 saturated heterocycles. The summed E-state index contributed by atoms with van der Waals surface area (Å²) in [5, 5.41) is 11.6. The Morgan fingerprint density at radius 2 is 1.48 bits per heavy atom. The summed E-state index contributed by atoms with van der Waals surface area (Å²) in [7, 11) is 0. The number of hydrogen-bond acceptors (Lipinski definition) is 5. The Hall–Kier alpha value is -5.23. The van der Waals surface area contributed by atoms with Crippen molar-refractivity contribution in [1.29, 1.82) is 0 Å². The topological polar surface area (TPSA) is 37.8 Å². The molecule has 6 aromatic carbocycles. The fraction of sp³-hybridized carbons (Fsp3) is 0.0698. The average Bonchev–Trinajstić information content (AvgIpc) is 3.77. The first-order valence-corrected chi connectivity index (χ1v) is 18.1. The van der Waals surface area contributed by atoms with Crippen LogP contribution < -0.4 is 5.32 Å². The SMILES string of the molecule is C1=CC(C2Nc3c(ccc4ccc5cc(-c6nc(-c7ccccc7)cc(-c7cccc8c7sc7ccccc78)n6)ccc5c34)S2)=CCC1. The second-order valence-electron chi connectivity index (χ2n) is 12.5. The lowest BCUT2D eigenvalue weighted by Gasteiger charge is -2.15. The first-order valence-electron chi connectivity index (χ1n) is 16.4. The standard InChI is InChI=1S/C43H29N3S2/c1-3-10-26(11-4-1)35-25-36(34-16-9-15-33-32-14-7-8-17-37(32)47-41(33)34)45-42(44-35)30-20-22-31-29(24-30)19-18-27-21-23-38-40(39(27)31)46-43(48-38)28-12-5-2-6-13-28/h1,3-5,7-25,43,46H,2,6H2. The smallest absolute Gasteiger partial charge is 0.160 e. The van der Waals surface area contributed by atoms with Gasteiger partial charge in [0, 0.05) is 47.1 Å². The van der Waals surface area contributed by atoms with Crippen LogP contribution in [-0.4, -0.2) is 15.3 Å². The summed E-state index contributed by atoms with van der Waals surface area (Å²) in [5.74, 6) is 0.731. The number of anilines is 1. The van der Waals surface area contributed by atoms with E-state index in [0.717, 1.165) is 46.7 Å². The van der Waals surface area contributed by atoms with Gasteiger partial charge in [-0.2, -0.15) is 0 Å². The monoisotopic (exact) mass is 651 g/mol. The maximum atomic E-state index is 5.28. The minimum absolute atomic E-state index is 0.245. The number of aromatic nitrogens is 2. The Bertz CT molecular complexity index is 2630. The zero-order valence-electron chi connectivity index (χ0n) is 26.0. The van der Waals surface area contributed by atoms with Crippen molar-refractivity contribution in [3.05, 3.63) is 145 Å². The molecule has 1 unspecified atom stereocenters. The van der Waals surface area contributed by atoms with E-state index in [1.807, 2.05) is 29.2 Å². The highest BCUT2D eigenvalue weighted by atomic mass is 32.2. The van der Waals surface area contributed by atoms with E-state index in [1.165, 1.54) is 57.9 Å². The van der Waals surface area contributed by atoms with Crippen molar-refractivity contribution >= 4 is 70.5 Å². The van der Waals surface area contributed by atoms with Crippen LogP contribution >= 0.6 is 23.1 Å². The first-order chi connectivity index (χ1) is 23.8. The number of nitrogens with zero attached hydrogens (tertiary/aromatic N) is 2. The number of benzene rings is 6. The van der Waals surface area contributed by atoms with Crippen LogP contribution in [0.2, 0.25) is 0 Å².